The molecule has 2 aromatic carbocycles. The number of rotatable bonds is 12. The fraction of sp³-hybridized carbons (Fsp3) is 0.429. The summed E-state index contributed by atoms with van der Waals surface area (Å²) in [5.74, 6) is 1.49. The minimum Gasteiger partial charge on any atom is -0.490 e. The van der Waals surface area contributed by atoms with Crippen molar-refractivity contribution >= 4 is 11.6 Å². The van der Waals surface area contributed by atoms with Gasteiger partial charge < -0.3 is 19.5 Å². The smallest absolute Gasteiger partial charge is 0.161 e. The molecule has 0 aliphatic heterocycles. The Bertz CT molecular complexity index is 663. The standard InChI is InChI=1S/C21H28ClNO3/c1-3-24-13-7-12-23-15-17-10-11-20(21(14-17)25-4-2)26-16-18-8-5-6-9-19(18)22/h5-6,8-11,14,23H,3-4,7,12-13,15-16H2,1-2H3. The van der Waals surface area contributed by atoms with Crippen molar-refractivity contribution in [1.82, 2.24) is 5.32 Å². The highest BCUT2D eigenvalue weighted by molar-refractivity contribution is 6.31. The number of ether oxygens (including phenoxy) is 3. The maximum atomic E-state index is 6.19. The van der Waals surface area contributed by atoms with Crippen LogP contribution < -0.4 is 14.8 Å². The Balaban J connectivity index is 1.91. The van der Waals surface area contributed by atoms with Crippen LogP contribution in [0.15, 0.2) is 42.5 Å². The lowest BCUT2D eigenvalue weighted by Crippen LogP contribution is -2.16. The quantitative estimate of drug-likeness (QED) is 0.537. The summed E-state index contributed by atoms with van der Waals surface area (Å²) in [5.41, 5.74) is 2.12. The summed E-state index contributed by atoms with van der Waals surface area (Å²) in [7, 11) is 0. The average molecular weight is 378 g/mol. The summed E-state index contributed by atoms with van der Waals surface area (Å²) in [6, 6.07) is 13.7. The van der Waals surface area contributed by atoms with Crippen LogP contribution in [0.1, 0.15) is 31.4 Å². The molecular weight excluding hydrogens is 350 g/mol. The molecule has 0 radical (unpaired) electrons. The van der Waals surface area contributed by atoms with Crippen LogP contribution in [0.4, 0.5) is 0 Å². The molecule has 0 aliphatic rings. The highest BCUT2D eigenvalue weighted by Crippen LogP contribution is 2.30. The Labute approximate surface area is 161 Å². The van der Waals surface area contributed by atoms with E-state index >= 15 is 0 Å². The van der Waals surface area contributed by atoms with Gasteiger partial charge in [0.25, 0.3) is 0 Å². The molecule has 0 fully saturated rings. The van der Waals surface area contributed by atoms with E-state index in [1.54, 1.807) is 0 Å². The van der Waals surface area contributed by atoms with Gasteiger partial charge in [0.05, 0.1) is 6.61 Å². The van der Waals surface area contributed by atoms with Crippen molar-refractivity contribution in [3.8, 4) is 11.5 Å². The van der Waals surface area contributed by atoms with E-state index in [1.165, 1.54) is 0 Å². The molecule has 0 heterocycles. The van der Waals surface area contributed by atoms with E-state index in [4.69, 9.17) is 25.8 Å². The van der Waals surface area contributed by atoms with Crippen molar-refractivity contribution < 1.29 is 14.2 Å². The second-order valence-corrected chi connectivity index (χ2v) is 6.23. The lowest BCUT2D eigenvalue weighted by Gasteiger charge is -2.14. The maximum absolute atomic E-state index is 6.19. The Morgan fingerprint density at radius 2 is 1.81 bits per heavy atom. The van der Waals surface area contributed by atoms with Crippen molar-refractivity contribution in [2.75, 3.05) is 26.4 Å². The minimum absolute atomic E-state index is 0.411. The van der Waals surface area contributed by atoms with Crippen LogP contribution in [0.25, 0.3) is 0 Å². The Kier molecular flexibility index (Phi) is 9.32. The highest BCUT2D eigenvalue weighted by atomic mass is 35.5. The van der Waals surface area contributed by atoms with Gasteiger partial charge in [-0.15, -0.1) is 0 Å². The van der Waals surface area contributed by atoms with E-state index in [0.29, 0.717) is 18.2 Å². The third-order valence-electron chi connectivity index (χ3n) is 3.82. The van der Waals surface area contributed by atoms with Crippen LogP contribution in [0, 0.1) is 0 Å². The normalized spacial score (nSPS) is 10.7. The first kappa shape index (κ1) is 20.6. The van der Waals surface area contributed by atoms with Gasteiger partial charge in [-0.25, -0.2) is 0 Å². The van der Waals surface area contributed by atoms with E-state index in [0.717, 1.165) is 55.4 Å². The van der Waals surface area contributed by atoms with Gasteiger partial charge in [-0.2, -0.15) is 0 Å². The van der Waals surface area contributed by atoms with Gasteiger partial charge in [-0.3, -0.25) is 0 Å². The van der Waals surface area contributed by atoms with Gasteiger partial charge in [0.2, 0.25) is 0 Å². The SMILES string of the molecule is CCOCCCNCc1ccc(OCc2ccccc2Cl)c(OCC)c1. The van der Waals surface area contributed by atoms with Gasteiger partial charge in [0, 0.05) is 30.3 Å². The molecule has 142 valence electrons. The van der Waals surface area contributed by atoms with Crippen molar-refractivity contribution in [3.05, 3.63) is 58.6 Å². The van der Waals surface area contributed by atoms with E-state index < -0.39 is 0 Å². The number of hydrogen-bond acceptors (Lipinski definition) is 4. The van der Waals surface area contributed by atoms with Gasteiger partial charge >= 0.3 is 0 Å². The van der Waals surface area contributed by atoms with Crippen LogP contribution in [0.5, 0.6) is 11.5 Å². The van der Waals surface area contributed by atoms with Crippen molar-refractivity contribution in [2.45, 2.75) is 33.4 Å². The van der Waals surface area contributed by atoms with Gasteiger partial charge in [0.1, 0.15) is 6.61 Å². The molecule has 0 saturated carbocycles. The van der Waals surface area contributed by atoms with Crippen LogP contribution in [0.3, 0.4) is 0 Å². The summed E-state index contributed by atoms with van der Waals surface area (Å²) < 4.78 is 17.0. The molecule has 0 spiro atoms. The summed E-state index contributed by atoms with van der Waals surface area (Å²) in [6.45, 7) is 8.26. The molecule has 4 nitrogen and oxygen atoms in total. The molecular formula is C21H28ClNO3. The third-order valence-corrected chi connectivity index (χ3v) is 4.19. The fourth-order valence-electron chi connectivity index (χ4n) is 2.50. The number of hydrogen-bond donors (Lipinski definition) is 1. The summed E-state index contributed by atoms with van der Waals surface area (Å²) in [5, 5.41) is 4.13. The lowest BCUT2D eigenvalue weighted by molar-refractivity contribution is 0.144. The molecule has 0 unspecified atom stereocenters. The second-order valence-electron chi connectivity index (χ2n) is 5.82. The van der Waals surface area contributed by atoms with Gasteiger partial charge in [-0.1, -0.05) is 35.9 Å². The molecule has 26 heavy (non-hydrogen) atoms. The van der Waals surface area contributed by atoms with Crippen LogP contribution >= 0.6 is 11.6 Å². The largest absolute Gasteiger partial charge is 0.490 e. The van der Waals surface area contributed by atoms with Gasteiger partial charge in [-0.05, 0) is 50.6 Å². The summed E-state index contributed by atoms with van der Waals surface area (Å²) in [6.07, 6.45) is 1.01. The first-order valence-electron chi connectivity index (χ1n) is 9.15. The van der Waals surface area contributed by atoms with Crippen molar-refractivity contribution in [1.29, 1.82) is 0 Å². The third kappa shape index (κ3) is 6.87. The molecule has 1 N–H and O–H groups in total. The minimum atomic E-state index is 0.411. The molecule has 0 atom stereocenters. The summed E-state index contributed by atoms with van der Waals surface area (Å²) >= 11 is 6.19. The molecule has 0 aliphatic carbocycles. The van der Waals surface area contributed by atoms with Crippen LogP contribution in [0.2, 0.25) is 5.02 Å². The Morgan fingerprint density at radius 3 is 2.58 bits per heavy atom. The van der Waals surface area contributed by atoms with E-state index in [2.05, 4.69) is 11.4 Å². The molecule has 0 saturated heterocycles. The monoisotopic (exact) mass is 377 g/mol. The van der Waals surface area contributed by atoms with Gasteiger partial charge in [0.15, 0.2) is 11.5 Å². The average Bonchev–Trinajstić information content (AvgIpc) is 2.65. The van der Waals surface area contributed by atoms with Crippen LogP contribution in [-0.4, -0.2) is 26.4 Å². The van der Waals surface area contributed by atoms with Crippen molar-refractivity contribution in [2.24, 2.45) is 0 Å². The molecule has 5 heteroatoms. The molecule has 2 aromatic rings. The topological polar surface area (TPSA) is 39.7 Å². The van der Waals surface area contributed by atoms with E-state index in [9.17, 15) is 0 Å². The molecule has 0 aromatic heterocycles. The number of halogens is 1. The highest BCUT2D eigenvalue weighted by Gasteiger charge is 2.08. The van der Waals surface area contributed by atoms with Crippen molar-refractivity contribution in [3.63, 3.8) is 0 Å². The van der Waals surface area contributed by atoms with E-state index in [-0.39, 0.29) is 0 Å². The zero-order valence-corrected chi connectivity index (χ0v) is 16.3. The predicted octanol–water partition coefficient (Wildman–Crippen LogP) is 4.83. The number of benzene rings is 2. The first-order valence-corrected chi connectivity index (χ1v) is 9.52. The summed E-state index contributed by atoms with van der Waals surface area (Å²) in [4.78, 5) is 0. The zero-order valence-electron chi connectivity index (χ0n) is 15.6. The number of nitrogens with one attached hydrogen (secondary N) is 1. The predicted molar refractivity (Wildman–Crippen MR) is 106 cm³/mol. The Morgan fingerprint density at radius 1 is 0.962 bits per heavy atom. The first-order chi connectivity index (χ1) is 12.7. The fourth-order valence-corrected chi connectivity index (χ4v) is 2.69. The second kappa shape index (κ2) is 11.8. The lowest BCUT2D eigenvalue weighted by atomic mass is 10.2. The van der Waals surface area contributed by atoms with E-state index in [1.807, 2.05) is 50.2 Å². The Hall–Kier alpha value is -1.75. The van der Waals surface area contributed by atoms with Crippen LogP contribution in [-0.2, 0) is 17.9 Å². The molecule has 0 amide bonds. The molecule has 2 rings (SSSR count). The zero-order chi connectivity index (χ0) is 18.6. The maximum Gasteiger partial charge on any atom is 0.161 e. The molecule has 0 bridgehead atoms.